The number of carbonyl (C=O) groups is 1. The van der Waals surface area contributed by atoms with E-state index >= 15 is 0 Å². The number of nitrogens with zero attached hydrogens (tertiary/aromatic N) is 1. The van der Waals surface area contributed by atoms with Crippen molar-refractivity contribution in [2.24, 2.45) is 10.7 Å². The molecular weight excluding hydrogens is 168 g/mol. The molecule has 0 aromatic carbocycles. The van der Waals surface area contributed by atoms with E-state index in [1.807, 2.05) is 13.0 Å². The van der Waals surface area contributed by atoms with Crippen molar-refractivity contribution >= 4 is 12.2 Å². The molecule has 1 unspecified atom stereocenters. The first kappa shape index (κ1) is 11.8. The Kier molecular flexibility index (Phi) is 5.80. The number of aliphatic imine (C=N–C) groups is 1. The fourth-order valence-corrected chi connectivity index (χ4v) is 0.958. The summed E-state index contributed by atoms with van der Waals surface area (Å²) in [6, 6.07) is -0.837. The number of allylic oxidation sites excluding steroid dienone is 1. The molecule has 4 heteroatoms. The number of carboxylic acids is 1. The summed E-state index contributed by atoms with van der Waals surface area (Å²) >= 11 is 0. The van der Waals surface area contributed by atoms with E-state index in [1.54, 1.807) is 13.3 Å². The molecule has 3 N–H and O–H groups in total. The van der Waals surface area contributed by atoms with Gasteiger partial charge in [0.2, 0.25) is 0 Å². The maximum atomic E-state index is 10.4. The molecule has 0 aliphatic rings. The third kappa shape index (κ3) is 5.14. The van der Waals surface area contributed by atoms with Crippen LogP contribution in [0.4, 0.5) is 0 Å². The Hall–Kier alpha value is -1.16. The van der Waals surface area contributed by atoms with Gasteiger partial charge < -0.3 is 10.8 Å². The van der Waals surface area contributed by atoms with Gasteiger partial charge in [-0.25, -0.2) is 0 Å². The van der Waals surface area contributed by atoms with Crippen LogP contribution in [0.25, 0.3) is 0 Å². The van der Waals surface area contributed by atoms with E-state index in [9.17, 15) is 4.79 Å². The van der Waals surface area contributed by atoms with E-state index < -0.39 is 12.0 Å². The van der Waals surface area contributed by atoms with Crippen LogP contribution in [0.1, 0.15) is 19.8 Å². The Labute approximate surface area is 78.2 Å². The molecule has 13 heavy (non-hydrogen) atoms. The molecular formula is C9H16N2O2. The van der Waals surface area contributed by atoms with E-state index in [4.69, 9.17) is 10.8 Å². The number of nitrogens with two attached hydrogens (primary N) is 1. The number of carboxylic acid groups (broad SMARTS) is 1. The average molecular weight is 184 g/mol. The summed E-state index contributed by atoms with van der Waals surface area (Å²) in [7, 11) is 1.65. The Bertz CT molecular complexity index is 222. The van der Waals surface area contributed by atoms with E-state index in [-0.39, 0.29) is 0 Å². The minimum absolute atomic E-state index is 0.334. The van der Waals surface area contributed by atoms with Crippen molar-refractivity contribution in [2.75, 3.05) is 7.05 Å². The number of hydrogen-bond donors (Lipinski definition) is 2. The second kappa shape index (κ2) is 6.37. The van der Waals surface area contributed by atoms with Crippen molar-refractivity contribution in [1.82, 2.24) is 0 Å². The maximum absolute atomic E-state index is 10.4. The van der Waals surface area contributed by atoms with Gasteiger partial charge >= 0.3 is 5.97 Å². The van der Waals surface area contributed by atoms with Crippen LogP contribution in [-0.2, 0) is 4.79 Å². The smallest absolute Gasteiger partial charge is 0.320 e. The van der Waals surface area contributed by atoms with Gasteiger partial charge in [-0.3, -0.25) is 9.79 Å². The Morgan fingerprint density at radius 3 is 2.69 bits per heavy atom. The molecule has 0 aliphatic heterocycles. The van der Waals surface area contributed by atoms with E-state index in [0.29, 0.717) is 6.42 Å². The Morgan fingerprint density at radius 2 is 2.31 bits per heavy atom. The topological polar surface area (TPSA) is 75.7 Å². The second-order valence-corrected chi connectivity index (χ2v) is 2.72. The van der Waals surface area contributed by atoms with Crippen LogP contribution in [-0.4, -0.2) is 30.4 Å². The fraction of sp³-hybridized carbons (Fsp3) is 0.556. The second-order valence-electron chi connectivity index (χ2n) is 2.72. The standard InChI is InChI=1S/C9H16N2O2/c1-3-4-7(6-11-2)5-8(10)9(12)13/h4,6,8H,3,5,10H2,1-2H3,(H,12,13)/b7-4-,11-6?. The molecule has 0 heterocycles. The molecule has 0 aromatic heterocycles. The molecule has 0 aliphatic carbocycles. The van der Waals surface area contributed by atoms with Gasteiger partial charge in [-0.2, -0.15) is 0 Å². The van der Waals surface area contributed by atoms with Crippen molar-refractivity contribution in [2.45, 2.75) is 25.8 Å². The predicted octanol–water partition coefficient (Wildman–Crippen LogP) is 0.825. The molecule has 0 rings (SSSR count). The first-order valence-electron chi connectivity index (χ1n) is 4.21. The summed E-state index contributed by atoms with van der Waals surface area (Å²) in [6.07, 6.45) is 4.76. The van der Waals surface area contributed by atoms with Crippen molar-refractivity contribution in [3.63, 3.8) is 0 Å². The molecule has 0 radical (unpaired) electrons. The third-order valence-electron chi connectivity index (χ3n) is 1.53. The first-order valence-corrected chi connectivity index (χ1v) is 4.21. The minimum Gasteiger partial charge on any atom is -0.480 e. The summed E-state index contributed by atoms with van der Waals surface area (Å²) in [4.78, 5) is 14.3. The molecule has 0 bridgehead atoms. The average Bonchev–Trinajstić information content (AvgIpc) is 2.05. The molecule has 0 spiro atoms. The number of hydrogen-bond acceptors (Lipinski definition) is 3. The van der Waals surface area contributed by atoms with Crippen molar-refractivity contribution in [3.05, 3.63) is 11.6 Å². The number of aliphatic carboxylic acids is 1. The largest absolute Gasteiger partial charge is 0.480 e. The molecule has 0 aromatic rings. The highest BCUT2D eigenvalue weighted by Gasteiger charge is 2.12. The summed E-state index contributed by atoms with van der Waals surface area (Å²) in [5, 5.41) is 8.57. The molecule has 4 nitrogen and oxygen atoms in total. The van der Waals surface area contributed by atoms with Crippen LogP contribution >= 0.6 is 0 Å². The van der Waals surface area contributed by atoms with E-state index in [1.165, 1.54) is 0 Å². The van der Waals surface area contributed by atoms with Crippen LogP contribution in [0.2, 0.25) is 0 Å². The van der Waals surface area contributed by atoms with Crippen LogP contribution in [0.3, 0.4) is 0 Å². The first-order chi connectivity index (χ1) is 6.11. The van der Waals surface area contributed by atoms with Gasteiger partial charge in [0, 0.05) is 13.3 Å². The lowest BCUT2D eigenvalue weighted by Gasteiger charge is -2.05. The Balaban J connectivity index is 4.26. The fourth-order valence-electron chi connectivity index (χ4n) is 0.958. The zero-order chi connectivity index (χ0) is 10.3. The summed E-state index contributed by atoms with van der Waals surface area (Å²) in [6.45, 7) is 1.98. The SMILES string of the molecule is CC/C=C(\C=NC)CC(N)C(=O)O. The summed E-state index contributed by atoms with van der Waals surface area (Å²) in [5.74, 6) is -0.980. The van der Waals surface area contributed by atoms with Gasteiger partial charge in [-0.1, -0.05) is 13.0 Å². The molecule has 0 saturated heterocycles. The quantitative estimate of drug-likeness (QED) is 0.621. The lowest BCUT2D eigenvalue weighted by atomic mass is 10.1. The number of rotatable bonds is 5. The van der Waals surface area contributed by atoms with Crippen LogP contribution in [0, 0.1) is 0 Å². The zero-order valence-electron chi connectivity index (χ0n) is 8.03. The maximum Gasteiger partial charge on any atom is 0.320 e. The monoisotopic (exact) mass is 184 g/mol. The highest BCUT2D eigenvalue weighted by molar-refractivity contribution is 5.81. The Morgan fingerprint density at radius 1 is 1.69 bits per heavy atom. The minimum atomic E-state index is -0.980. The van der Waals surface area contributed by atoms with Crippen LogP contribution in [0.5, 0.6) is 0 Å². The highest BCUT2D eigenvalue weighted by Crippen LogP contribution is 2.03. The van der Waals surface area contributed by atoms with Crippen LogP contribution in [0.15, 0.2) is 16.6 Å². The van der Waals surface area contributed by atoms with E-state index in [0.717, 1.165) is 12.0 Å². The summed E-state index contributed by atoms with van der Waals surface area (Å²) in [5.41, 5.74) is 6.25. The zero-order valence-corrected chi connectivity index (χ0v) is 8.03. The lowest BCUT2D eigenvalue weighted by Crippen LogP contribution is -2.30. The lowest BCUT2D eigenvalue weighted by molar-refractivity contribution is -0.138. The van der Waals surface area contributed by atoms with Gasteiger partial charge in [-0.15, -0.1) is 0 Å². The van der Waals surface area contributed by atoms with Gasteiger partial charge in [0.1, 0.15) is 6.04 Å². The van der Waals surface area contributed by atoms with Gasteiger partial charge in [0.25, 0.3) is 0 Å². The van der Waals surface area contributed by atoms with Gasteiger partial charge in [-0.05, 0) is 18.4 Å². The molecule has 74 valence electrons. The van der Waals surface area contributed by atoms with E-state index in [2.05, 4.69) is 4.99 Å². The van der Waals surface area contributed by atoms with Crippen molar-refractivity contribution in [1.29, 1.82) is 0 Å². The third-order valence-corrected chi connectivity index (χ3v) is 1.53. The molecule has 1 atom stereocenters. The normalized spacial score (nSPS) is 14.8. The molecule has 0 fully saturated rings. The van der Waals surface area contributed by atoms with Gasteiger partial charge in [0.05, 0.1) is 0 Å². The van der Waals surface area contributed by atoms with Crippen molar-refractivity contribution < 1.29 is 9.90 Å². The summed E-state index contributed by atoms with van der Waals surface area (Å²) < 4.78 is 0. The van der Waals surface area contributed by atoms with Gasteiger partial charge in [0.15, 0.2) is 0 Å². The predicted molar refractivity (Wildman–Crippen MR) is 53.0 cm³/mol. The highest BCUT2D eigenvalue weighted by atomic mass is 16.4. The molecule has 0 amide bonds. The van der Waals surface area contributed by atoms with Crippen molar-refractivity contribution in [3.8, 4) is 0 Å². The van der Waals surface area contributed by atoms with Crippen LogP contribution < -0.4 is 5.73 Å². The molecule has 0 saturated carbocycles.